The van der Waals surface area contributed by atoms with Gasteiger partial charge in [0, 0.05) is 6.42 Å². The third kappa shape index (κ3) is 10.5. The van der Waals surface area contributed by atoms with Crippen molar-refractivity contribution in [2.24, 2.45) is 0 Å². The number of hydrogen-bond acceptors (Lipinski definition) is 4. The van der Waals surface area contributed by atoms with E-state index in [1.54, 1.807) is 0 Å². The molecule has 2 aromatic rings. The molecule has 0 aliphatic heterocycles. The van der Waals surface area contributed by atoms with Crippen molar-refractivity contribution in [2.45, 2.75) is 123 Å². The van der Waals surface area contributed by atoms with E-state index in [1.165, 1.54) is 16.7 Å². The summed E-state index contributed by atoms with van der Waals surface area (Å²) in [5, 5.41) is 9.14. The van der Waals surface area contributed by atoms with Crippen LogP contribution < -0.4 is 4.74 Å². The van der Waals surface area contributed by atoms with E-state index >= 15 is 0 Å². The molecule has 0 unspecified atom stereocenters. The summed E-state index contributed by atoms with van der Waals surface area (Å²) in [6.07, 6.45) is 2.61. The smallest absolute Gasteiger partial charge is 0.303 e. The lowest BCUT2D eigenvalue weighted by Crippen LogP contribution is -2.41. The Hall–Kier alpha value is -1.94. The first-order valence-corrected chi connectivity index (χ1v) is 20.0. The molecule has 0 saturated heterocycles. The molecule has 39 heavy (non-hydrogen) atoms. The van der Waals surface area contributed by atoms with Crippen LogP contribution in [0.5, 0.6) is 5.75 Å². The van der Waals surface area contributed by atoms with E-state index in [2.05, 4.69) is 98.1 Å². The highest BCUT2D eigenvalue weighted by molar-refractivity contribution is 6.74. The van der Waals surface area contributed by atoms with Crippen LogP contribution in [-0.4, -0.2) is 27.7 Å². The zero-order valence-corrected chi connectivity index (χ0v) is 28.1. The quantitative estimate of drug-likeness (QED) is 0.181. The minimum Gasteiger partial charge on any atom is -0.489 e. The highest BCUT2D eigenvalue weighted by Gasteiger charge is 2.38. The van der Waals surface area contributed by atoms with Crippen LogP contribution in [0.25, 0.3) is 0 Å². The molecule has 0 bridgehead atoms. The van der Waals surface area contributed by atoms with Crippen LogP contribution in [0.2, 0.25) is 36.3 Å². The van der Waals surface area contributed by atoms with Crippen molar-refractivity contribution in [3.8, 4) is 5.75 Å². The maximum atomic E-state index is 10.8. The van der Waals surface area contributed by atoms with Gasteiger partial charge in [0.05, 0.1) is 13.2 Å². The Labute approximate surface area is 239 Å². The number of carboxylic acids is 1. The van der Waals surface area contributed by atoms with Gasteiger partial charge in [-0.2, -0.15) is 0 Å². The van der Waals surface area contributed by atoms with Crippen LogP contribution in [-0.2, 0) is 39.9 Å². The third-order valence-electron chi connectivity index (χ3n) is 8.47. The lowest BCUT2D eigenvalue weighted by atomic mass is 10.1. The normalized spacial score (nSPS) is 13.0. The minimum absolute atomic E-state index is 0.143. The largest absolute Gasteiger partial charge is 0.489 e. The maximum absolute atomic E-state index is 10.8. The fraction of sp³-hybridized carbons (Fsp3) is 0.594. The van der Waals surface area contributed by atoms with Gasteiger partial charge in [-0.15, -0.1) is 0 Å². The van der Waals surface area contributed by atoms with Crippen molar-refractivity contribution in [3.63, 3.8) is 0 Å². The fourth-order valence-corrected chi connectivity index (χ4v) is 5.46. The van der Waals surface area contributed by atoms with Crippen LogP contribution in [0.15, 0.2) is 42.5 Å². The molecule has 0 saturated carbocycles. The van der Waals surface area contributed by atoms with Gasteiger partial charge in [0.15, 0.2) is 16.6 Å². The molecule has 5 nitrogen and oxygen atoms in total. The molecule has 7 heteroatoms. The van der Waals surface area contributed by atoms with E-state index in [9.17, 15) is 4.79 Å². The van der Waals surface area contributed by atoms with Crippen molar-refractivity contribution in [3.05, 3.63) is 64.7 Å². The van der Waals surface area contributed by atoms with E-state index in [4.69, 9.17) is 18.7 Å². The predicted molar refractivity (Wildman–Crippen MR) is 166 cm³/mol. The average molecular weight is 573 g/mol. The van der Waals surface area contributed by atoms with Crippen LogP contribution >= 0.6 is 0 Å². The van der Waals surface area contributed by atoms with E-state index < -0.39 is 22.6 Å². The van der Waals surface area contributed by atoms with Crippen LogP contribution in [0, 0.1) is 0 Å². The fourth-order valence-electron chi connectivity index (χ4n) is 3.56. The summed E-state index contributed by atoms with van der Waals surface area (Å²) >= 11 is 0. The molecule has 0 spiro atoms. The predicted octanol–water partition coefficient (Wildman–Crippen LogP) is 9.11. The molecule has 0 aliphatic carbocycles. The maximum Gasteiger partial charge on any atom is 0.303 e. The molecule has 1 N–H and O–H groups in total. The number of unbranched alkanes of at least 4 members (excludes halogenated alkanes) is 1. The number of carbonyl (C=O) groups is 1. The molecule has 2 rings (SSSR count). The highest BCUT2D eigenvalue weighted by Crippen LogP contribution is 2.39. The third-order valence-corrected chi connectivity index (χ3v) is 17.4. The Morgan fingerprint density at radius 2 is 1.33 bits per heavy atom. The Morgan fingerprint density at radius 3 is 1.90 bits per heavy atom. The molecule has 2 aromatic carbocycles. The van der Waals surface area contributed by atoms with E-state index in [0.717, 1.165) is 24.2 Å². The first kappa shape index (κ1) is 33.3. The van der Waals surface area contributed by atoms with Gasteiger partial charge >= 0.3 is 5.97 Å². The van der Waals surface area contributed by atoms with Crippen molar-refractivity contribution in [1.82, 2.24) is 0 Å². The summed E-state index contributed by atoms with van der Waals surface area (Å²) < 4.78 is 19.4. The van der Waals surface area contributed by atoms with Gasteiger partial charge in [0.2, 0.25) is 0 Å². The zero-order chi connectivity index (χ0) is 29.5. The average Bonchev–Trinajstić information content (AvgIpc) is 2.82. The Balaban J connectivity index is 2.16. The number of benzene rings is 2. The molecular weight excluding hydrogens is 521 g/mol. The summed E-state index contributed by atoms with van der Waals surface area (Å²) in [6.45, 7) is 24.4. The first-order valence-electron chi connectivity index (χ1n) is 14.2. The number of carboxylic acid groups (broad SMARTS) is 1. The van der Waals surface area contributed by atoms with Gasteiger partial charge < -0.3 is 18.7 Å². The molecular formula is C32H52O5Si2. The number of aryl methyl sites for hydroxylation is 1. The summed E-state index contributed by atoms with van der Waals surface area (Å²) in [6, 6.07) is 14.6. The summed E-state index contributed by atoms with van der Waals surface area (Å²) in [5.74, 6) is 0.0916. The molecule has 0 fully saturated rings. The summed E-state index contributed by atoms with van der Waals surface area (Å²) in [4.78, 5) is 10.8. The molecule has 218 valence electrons. The van der Waals surface area contributed by atoms with E-state index in [-0.39, 0.29) is 16.5 Å². The van der Waals surface area contributed by atoms with Crippen LogP contribution in [0.4, 0.5) is 0 Å². The summed E-state index contributed by atoms with van der Waals surface area (Å²) in [7, 11) is -3.79. The van der Waals surface area contributed by atoms with Crippen molar-refractivity contribution in [2.75, 3.05) is 0 Å². The van der Waals surface area contributed by atoms with Gasteiger partial charge in [0.1, 0.15) is 12.4 Å². The number of ether oxygens (including phenoxy) is 1. The Kier molecular flexibility index (Phi) is 11.6. The van der Waals surface area contributed by atoms with Gasteiger partial charge in [-0.3, -0.25) is 4.79 Å². The van der Waals surface area contributed by atoms with Crippen molar-refractivity contribution < 1.29 is 23.5 Å². The number of rotatable bonds is 14. The Bertz CT molecular complexity index is 1080. The molecule has 0 amide bonds. The van der Waals surface area contributed by atoms with E-state index in [1.807, 2.05) is 12.1 Å². The lowest BCUT2D eigenvalue weighted by Gasteiger charge is -2.37. The molecule has 0 radical (unpaired) electrons. The van der Waals surface area contributed by atoms with Gasteiger partial charge in [-0.25, -0.2) is 0 Å². The van der Waals surface area contributed by atoms with Gasteiger partial charge in [0.25, 0.3) is 0 Å². The lowest BCUT2D eigenvalue weighted by molar-refractivity contribution is -0.137. The van der Waals surface area contributed by atoms with E-state index in [0.29, 0.717) is 26.2 Å². The standard InChI is InChI=1S/C32H52O5Si2/c1-31(2,3)38(7,8)36-23-27-19-18-26(20-28(27)24-37-39(9,10)32(4,5)6)22-35-29-16-13-15-25(21-29)14-11-12-17-30(33)34/h13,15-16,18-21H,11-12,14,17,22-24H2,1-10H3,(H,33,34). The topological polar surface area (TPSA) is 65.0 Å². The Morgan fingerprint density at radius 1 is 0.744 bits per heavy atom. The molecule has 0 aromatic heterocycles. The summed E-state index contributed by atoms with van der Waals surface area (Å²) in [5.41, 5.74) is 4.63. The second kappa shape index (κ2) is 13.6. The minimum atomic E-state index is -1.91. The van der Waals surface area contributed by atoms with Crippen molar-refractivity contribution >= 4 is 22.6 Å². The molecule has 0 heterocycles. The second-order valence-corrected chi connectivity index (χ2v) is 23.4. The number of hydrogen-bond donors (Lipinski definition) is 1. The van der Waals surface area contributed by atoms with Gasteiger partial charge in [-0.05, 0) is 96.0 Å². The first-order chi connectivity index (χ1) is 17.9. The second-order valence-electron chi connectivity index (χ2n) is 13.7. The zero-order valence-electron chi connectivity index (χ0n) is 26.1. The van der Waals surface area contributed by atoms with Gasteiger partial charge in [-0.1, -0.05) is 65.8 Å². The molecule has 0 atom stereocenters. The highest BCUT2D eigenvalue weighted by atomic mass is 28.4. The molecule has 0 aliphatic rings. The number of aliphatic carboxylic acids is 1. The van der Waals surface area contributed by atoms with Crippen LogP contribution in [0.3, 0.4) is 0 Å². The SMILES string of the molecule is CC(C)(C)[Si](C)(C)OCc1ccc(COc2cccc(CCCCC(=O)O)c2)cc1CO[Si](C)(C)C(C)(C)C. The monoisotopic (exact) mass is 572 g/mol. The van der Waals surface area contributed by atoms with Crippen LogP contribution in [0.1, 0.15) is 83.1 Å². The van der Waals surface area contributed by atoms with Crippen molar-refractivity contribution in [1.29, 1.82) is 0 Å².